The molecule has 0 amide bonds. The van der Waals surface area contributed by atoms with E-state index in [4.69, 9.17) is 6.57 Å². The van der Waals surface area contributed by atoms with E-state index in [-0.39, 0.29) is 0 Å². The lowest BCUT2D eigenvalue weighted by molar-refractivity contribution is 0.582. The van der Waals surface area contributed by atoms with E-state index in [9.17, 15) is 18.4 Å². The van der Waals surface area contributed by atoms with Crippen LogP contribution in [-0.4, -0.2) is 14.8 Å². The predicted molar refractivity (Wildman–Crippen MR) is 56.6 cm³/mol. The fourth-order valence-electron chi connectivity index (χ4n) is 1.30. The van der Waals surface area contributed by atoms with Crippen molar-refractivity contribution < 1.29 is 8.78 Å². The van der Waals surface area contributed by atoms with Gasteiger partial charge >= 0.3 is 5.69 Å². The number of hydrogen-bond acceptors (Lipinski definition) is 3. The van der Waals surface area contributed by atoms with E-state index in [0.29, 0.717) is 16.8 Å². The zero-order valence-electron chi connectivity index (χ0n) is 8.65. The number of nitrogens with one attached hydrogen (secondary N) is 1. The first kappa shape index (κ1) is 11.7. The molecule has 0 bridgehead atoms. The van der Waals surface area contributed by atoms with Crippen molar-refractivity contribution in [2.24, 2.45) is 0 Å². The van der Waals surface area contributed by atoms with Gasteiger partial charge in [-0.25, -0.2) is 18.4 Å². The summed E-state index contributed by atoms with van der Waals surface area (Å²) in [6.07, 6.45) is 0.752. The topological polar surface area (TPSA) is 72.1 Å². The molecule has 0 saturated carbocycles. The summed E-state index contributed by atoms with van der Waals surface area (Å²) in [5.41, 5.74) is -2.75. The lowest BCUT2D eigenvalue weighted by Crippen LogP contribution is -2.30. The molecule has 0 aliphatic heterocycles. The molecule has 0 aliphatic carbocycles. The molecule has 90 valence electrons. The summed E-state index contributed by atoms with van der Waals surface area (Å²) in [6, 6.07) is 1.31. The van der Waals surface area contributed by atoms with Crippen LogP contribution in [0.2, 0.25) is 0 Å². The maximum Gasteiger partial charge on any atom is 0.349 e. The smallest absolute Gasteiger partial charge is 0.271 e. The van der Waals surface area contributed by atoms with E-state index in [1.165, 1.54) is 0 Å². The van der Waals surface area contributed by atoms with Crippen LogP contribution >= 0.6 is 0 Å². The molecule has 0 saturated heterocycles. The van der Waals surface area contributed by atoms with Gasteiger partial charge in [-0.1, -0.05) is 0 Å². The third kappa shape index (κ3) is 1.89. The Hall–Kier alpha value is -2.82. The lowest BCUT2D eigenvalue weighted by atomic mass is 10.2. The molecule has 0 radical (unpaired) electrons. The summed E-state index contributed by atoms with van der Waals surface area (Å²) in [7, 11) is 0. The van der Waals surface area contributed by atoms with Gasteiger partial charge in [0.1, 0.15) is 23.5 Å². The molecule has 6 nitrogen and oxygen atoms in total. The van der Waals surface area contributed by atoms with Crippen molar-refractivity contribution in [1.29, 1.82) is 0 Å². The third-order valence-electron chi connectivity index (χ3n) is 2.08. The SMILES string of the molecule is [C-]#[N+]c1cc(F)c(-n2ncc(=O)[nH]c2=O)cc1F. The monoisotopic (exact) mass is 250 g/mol. The maximum absolute atomic E-state index is 13.6. The van der Waals surface area contributed by atoms with Gasteiger partial charge in [0.25, 0.3) is 5.56 Å². The van der Waals surface area contributed by atoms with Crippen LogP contribution in [0.5, 0.6) is 0 Å². The van der Waals surface area contributed by atoms with Gasteiger partial charge in [-0.15, -0.1) is 0 Å². The number of hydrogen-bond donors (Lipinski definition) is 1. The molecular weight excluding hydrogens is 246 g/mol. The van der Waals surface area contributed by atoms with Crippen molar-refractivity contribution in [2.45, 2.75) is 0 Å². The number of rotatable bonds is 1. The van der Waals surface area contributed by atoms with Crippen molar-refractivity contribution in [3.8, 4) is 5.69 Å². The van der Waals surface area contributed by atoms with E-state index in [1.807, 2.05) is 4.98 Å². The molecule has 0 spiro atoms. The second kappa shape index (κ2) is 4.21. The first-order valence-electron chi connectivity index (χ1n) is 4.58. The molecule has 0 fully saturated rings. The van der Waals surface area contributed by atoms with Crippen molar-refractivity contribution >= 4 is 5.69 Å². The fourth-order valence-corrected chi connectivity index (χ4v) is 1.30. The molecule has 8 heteroatoms. The number of nitrogens with zero attached hydrogens (tertiary/aromatic N) is 3. The normalized spacial score (nSPS) is 10.1. The van der Waals surface area contributed by atoms with Crippen LogP contribution in [0.3, 0.4) is 0 Å². The Morgan fingerprint density at radius 1 is 1.28 bits per heavy atom. The van der Waals surface area contributed by atoms with E-state index in [1.54, 1.807) is 0 Å². The average molecular weight is 250 g/mol. The summed E-state index contributed by atoms with van der Waals surface area (Å²) in [6.45, 7) is 6.61. The van der Waals surface area contributed by atoms with Crippen molar-refractivity contribution in [1.82, 2.24) is 14.8 Å². The highest BCUT2D eigenvalue weighted by Crippen LogP contribution is 2.23. The van der Waals surface area contributed by atoms with Gasteiger partial charge < -0.3 is 0 Å². The van der Waals surface area contributed by atoms with E-state index < -0.39 is 34.3 Å². The zero-order valence-corrected chi connectivity index (χ0v) is 8.65. The standard InChI is InChI=1S/C10H4F2N4O2/c1-13-7-2-6(12)8(3-5(7)11)16-10(18)15-9(17)4-14-16/h2-4H,(H,15,17,18). The largest absolute Gasteiger partial charge is 0.349 e. The molecule has 1 aromatic carbocycles. The first-order valence-corrected chi connectivity index (χ1v) is 4.58. The van der Waals surface area contributed by atoms with E-state index in [0.717, 1.165) is 6.20 Å². The van der Waals surface area contributed by atoms with E-state index >= 15 is 0 Å². The summed E-state index contributed by atoms with van der Waals surface area (Å²) in [5, 5.41) is 3.38. The van der Waals surface area contributed by atoms with Gasteiger partial charge in [0.2, 0.25) is 5.69 Å². The van der Waals surface area contributed by atoms with Crippen LogP contribution in [-0.2, 0) is 0 Å². The van der Waals surface area contributed by atoms with Crippen LogP contribution in [0.15, 0.2) is 27.9 Å². The lowest BCUT2D eigenvalue weighted by Gasteiger charge is -2.05. The molecule has 1 aromatic heterocycles. The number of H-pyrrole nitrogens is 1. The maximum atomic E-state index is 13.6. The van der Waals surface area contributed by atoms with Crippen molar-refractivity contribution in [3.05, 3.63) is 62.2 Å². The molecule has 0 aliphatic rings. The Balaban J connectivity index is 2.73. The molecule has 18 heavy (non-hydrogen) atoms. The van der Waals surface area contributed by atoms with E-state index in [2.05, 4.69) is 9.94 Å². The summed E-state index contributed by atoms with van der Waals surface area (Å²) < 4.78 is 27.4. The van der Waals surface area contributed by atoms with Crippen LogP contribution in [0.25, 0.3) is 10.5 Å². The fraction of sp³-hybridized carbons (Fsp3) is 0. The summed E-state index contributed by atoms with van der Waals surface area (Å²) in [5.74, 6) is -1.98. The third-order valence-corrected chi connectivity index (χ3v) is 2.08. The van der Waals surface area contributed by atoms with Gasteiger partial charge in [-0.3, -0.25) is 9.78 Å². The molecule has 0 unspecified atom stereocenters. The molecular formula is C10H4F2N4O2. The highest BCUT2D eigenvalue weighted by atomic mass is 19.1. The summed E-state index contributed by atoms with van der Waals surface area (Å²) >= 11 is 0. The van der Waals surface area contributed by atoms with Gasteiger partial charge in [0, 0.05) is 0 Å². The quantitative estimate of drug-likeness (QED) is 0.759. The van der Waals surface area contributed by atoms with Gasteiger partial charge in [-0.05, 0) is 12.1 Å². The predicted octanol–water partition coefficient (Wildman–Crippen LogP) is 0.750. The van der Waals surface area contributed by atoms with Crippen molar-refractivity contribution in [3.63, 3.8) is 0 Å². The molecule has 1 heterocycles. The molecule has 1 N–H and O–H groups in total. The Bertz CT molecular complexity index is 773. The zero-order chi connectivity index (χ0) is 13.3. The summed E-state index contributed by atoms with van der Waals surface area (Å²) in [4.78, 5) is 26.8. The van der Waals surface area contributed by atoms with Crippen LogP contribution in [0, 0.1) is 18.2 Å². The highest BCUT2D eigenvalue weighted by Gasteiger charge is 2.13. The minimum atomic E-state index is -1.00. The van der Waals surface area contributed by atoms with Gasteiger partial charge in [0.15, 0.2) is 0 Å². The Morgan fingerprint density at radius 2 is 2.00 bits per heavy atom. The average Bonchev–Trinajstić information content (AvgIpc) is 2.32. The number of benzene rings is 1. The molecule has 0 atom stereocenters. The second-order valence-electron chi connectivity index (χ2n) is 3.22. The Morgan fingerprint density at radius 3 is 2.61 bits per heavy atom. The van der Waals surface area contributed by atoms with Crippen LogP contribution in [0.4, 0.5) is 14.5 Å². The second-order valence-corrected chi connectivity index (χ2v) is 3.22. The molecule has 2 rings (SSSR count). The number of aromatic amines is 1. The minimum absolute atomic E-state index is 0.485. The minimum Gasteiger partial charge on any atom is -0.271 e. The van der Waals surface area contributed by atoms with Gasteiger partial charge in [-0.2, -0.15) is 9.78 Å². The van der Waals surface area contributed by atoms with Crippen molar-refractivity contribution in [2.75, 3.05) is 0 Å². The number of halogens is 2. The number of aromatic nitrogens is 3. The van der Waals surface area contributed by atoms with Gasteiger partial charge in [0.05, 0.1) is 6.57 Å². The Labute approximate surface area is 97.9 Å². The van der Waals surface area contributed by atoms with Crippen LogP contribution in [0.1, 0.15) is 0 Å². The first-order chi connectivity index (χ1) is 8.52. The Kier molecular flexibility index (Phi) is 2.73. The van der Waals surface area contributed by atoms with Crippen LogP contribution < -0.4 is 11.2 Å². The molecule has 2 aromatic rings. The highest BCUT2D eigenvalue weighted by molar-refractivity contribution is 5.51.